The molecule has 0 fully saturated rings. The molecule has 1 aromatic rings. The van der Waals surface area contributed by atoms with Crippen molar-refractivity contribution in [1.29, 1.82) is 0 Å². The predicted octanol–water partition coefficient (Wildman–Crippen LogP) is 0.742. The molecule has 0 heterocycles. The van der Waals surface area contributed by atoms with Gasteiger partial charge in [0.25, 0.3) is 5.91 Å². The average Bonchev–Trinajstić information content (AvgIpc) is 2.31. The zero-order chi connectivity index (χ0) is 14.4. The minimum Gasteiger partial charge on any atom is -0.504 e. The average molecular weight is 266 g/mol. The molecule has 19 heavy (non-hydrogen) atoms. The lowest BCUT2D eigenvalue weighted by Crippen LogP contribution is -2.34. The quantitative estimate of drug-likeness (QED) is 0.591. The van der Waals surface area contributed by atoms with E-state index < -0.39 is 5.91 Å². The van der Waals surface area contributed by atoms with Crippen LogP contribution in [0.1, 0.15) is 30.6 Å². The van der Waals surface area contributed by atoms with E-state index in [1.807, 2.05) is 13.8 Å². The lowest BCUT2D eigenvalue weighted by atomic mass is 10.2. The molecule has 104 valence electrons. The topological polar surface area (TPSA) is 98.7 Å². The van der Waals surface area contributed by atoms with Crippen molar-refractivity contribution in [3.8, 4) is 11.5 Å². The number of benzene rings is 1. The number of rotatable bonds is 5. The van der Waals surface area contributed by atoms with Crippen LogP contribution < -0.4 is 10.6 Å². The van der Waals surface area contributed by atoms with Crippen LogP contribution in [0.4, 0.5) is 0 Å². The van der Waals surface area contributed by atoms with Crippen LogP contribution in [-0.2, 0) is 4.79 Å². The second-order valence-electron chi connectivity index (χ2n) is 4.43. The fourth-order valence-electron chi connectivity index (χ4n) is 1.45. The molecule has 0 unspecified atom stereocenters. The highest BCUT2D eigenvalue weighted by Crippen LogP contribution is 2.24. The molecule has 0 aliphatic rings. The zero-order valence-corrected chi connectivity index (χ0v) is 10.9. The molecule has 0 aliphatic heterocycles. The number of phenols is 2. The van der Waals surface area contributed by atoms with Crippen molar-refractivity contribution in [1.82, 2.24) is 10.6 Å². The predicted molar refractivity (Wildman–Crippen MR) is 70.0 cm³/mol. The summed E-state index contributed by atoms with van der Waals surface area (Å²) in [4.78, 5) is 23.0. The Morgan fingerprint density at radius 2 is 1.89 bits per heavy atom. The summed E-state index contributed by atoms with van der Waals surface area (Å²) in [7, 11) is 0. The Bertz CT molecular complexity index is 472. The number of carbonyl (C=O) groups is 2. The van der Waals surface area contributed by atoms with Crippen LogP contribution in [0.3, 0.4) is 0 Å². The van der Waals surface area contributed by atoms with E-state index in [-0.39, 0.29) is 42.0 Å². The second kappa shape index (κ2) is 6.63. The Balaban J connectivity index is 2.43. The van der Waals surface area contributed by atoms with Gasteiger partial charge in [0.2, 0.25) is 5.91 Å². The molecule has 6 heteroatoms. The summed E-state index contributed by atoms with van der Waals surface area (Å²) in [6.45, 7) is 3.92. The van der Waals surface area contributed by atoms with Crippen LogP contribution in [0.5, 0.6) is 11.5 Å². The van der Waals surface area contributed by atoms with Gasteiger partial charge >= 0.3 is 0 Å². The summed E-state index contributed by atoms with van der Waals surface area (Å²) in [5.41, 5.74) is 0.222. The van der Waals surface area contributed by atoms with Crippen LogP contribution in [0.2, 0.25) is 0 Å². The summed E-state index contributed by atoms with van der Waals surface area (Å²) in [6.07, 6.45) is 0.188. The molecule has 0 atom stereocenters. The lowest BCUT2D eigenvalue weighted by molar-refractivity contribution is -0.121. The van der Waals surface area contributed by atoms with Gasteiger partial charge in [-0.2, -0.15) is 0 Å². The second-order valence-corrected chi connectivity index (χ2v) is 4.43. The van der Waals surface area contributed by atoms with E-state index in [9.17, 15) is 14.7 Å². The van der Waals surface area contributed by atoms with Crippen LogP contribution in [0.25, 0.3) is 0 Å². The third kappa shape index (κ3) is 4.87. The van der Waals surface area contributed by atoms with Crippen LogP contribution >= 0.6 is 0 Å². The zero-order valence-electron chi connectivity index (χ0n) is 10.9. The maximum absolute atomic E-state index is 11.7. The van der Waals surface area contributed by atoms with Crippen molar-refractivity contribution in [2.45, 2.75) is 26.3 Å². The van der Waals surface area contributed by atoms with Gasteiger partial charge in [0, 0.05) is 24.6 Å². The Labute approximate surface area is 111 Å². The van der Waals surface area contributed by atoms with Gasteiger partial charge in [0.05, 0.1) is 0 Å². The molecule has 4 N–H and O–H groups in total. The Morgan fingerprint density at radius 3 is 2.47 bits per heavy atom. The highest BCUT2D eigenvalue weighted by Gasteiger charge is 2.09. The van der Waals surface area contributed by atoms with E-state index in [0.717, 1.165) is 0 Å². The first-order valence-electron chi connectivity index (χ1n) is 5.99. The fraction of sp³-hybridized carbons (Fsp3) is 0.385. The van der Waals surface area contributed by atoms with Gasteiger partial charge in [-0.25, -0.2) is 0 Å². The molecule has 0 aliphatic carbocycles. The molecule has 0 bridgehead atoms. The first-order chi connectivity index (χ1) is 8.90. The maximum atomic E-state index is 11.7. The van der Waals surface area contributed by atoms with Gasteiger partial charge in [-0.3, -0.25) is 9.59 Å². The van der Waals surface area contributed by atoms with Crippen LogP contribution in [-0.4, -0.2) is 34.6 Å². The third-order valence-electron chi connectivity index (χ3n) is 2.32. The molecule has 1 rings (SSSR count). The first kappa shape index (κ1) is 14.8. The summed E-state index contributed by atoms with van der Waals surface area (Å²) in [5, 5.41) is 23.7. The van der Waals surface area contributed by atoms with E-state index in [2.05, 4.69) is 10.6 Å². The lowest BCUT2D eigenvalue weighted by Gasteiger charge is -2.09. The highest BCUT2D eigenvalue weighted by atomic mass is 16.3. The SMILES string of the molecule is CC(C)NC(=O)CCNC(=O)c1ccc(O)c(O)c1. The molecule has 6 nitrogen and oxygen atoms in total. The third-order valence-corrected chi connectivity index (χ3v) is 2.32. The van der Waals surface area contributed by atoms with Crippen molar-refractivity contribution in [2.24, 2.45) is 0 Å². The van der Waals surface area contributed by atoms with Crippen LogP contribution in [0.15, 0.2) is 18.2 Å². The van der Waals surface area contributed by atoms with Crippen molar-refractivity contribution < 1.29 is 19.8 Å². The van der Waals surface area contributed by atoms with Crippen molar-refractivity contribution in [2.75, 3.05) is 6.54 Å². The minimum absolute atomic E-state index is 0.0669. The molecule has 0 saturated heterocycles. The molecule has 2 amide bonds. The number of nitrogens with one attached hydrogen (secondary N) is 2. The normalized spacial score (nSPS) is 10.3. The molecule has 0 saturated carbocycles. The van der Waals surface area contributed by atoms with Crippen LogP contribution in [0, 0.1) is 0 Å². The Kier molecular flexibility index (Phi) is 5.17. The highest BCUT2D eigenvalue weighted by molar-refractivity contribution is 5.95. The van der Waals surface area contributed by atoms with E-state index in [1.165, 1.54) is 18.2 Å². The maximum Gasteiger partial charge on any atom is 0.251 e. The van der Waals surface area contributed by atoms with Gasteiger partial charge in [0.1, 0.15) is 0 Å². The minimum atomic E-state index is -0.410. The Hall–Kier alpha value is -2.24. The van der Waals surface area contributed by atoms with E-state index in [1.54, 1.807) is 0 Å². The smallest absolute Gasteiger partial charge is 0.251 e. The number of phenolic OH excluding ortho intramolecular Hbond substituents is 2. The molecule has 1 aromatic carbocycles. The summed E-state index contributed by atoms with van der Waals surface area (Å²) >= 11 is 0. The standard InChI is InChI=1S/C13H18N2O4/c1-8(2)15-12(18)5-6-14-13(19)9-3-4-10(16)11(17)7-9/h3-4,7-8,16-17H,5-6H2,1-2H3,(H,14,19)(H,15,18). The molecule has 0 spiro atoms. The largest absolute Gasteiger partial charge is 0.504 e. The van der Waals surface area contributed by atoms with Gasteiger partial charge in [-0.15, -0.1) is 0 Å². The van der Waals surface area contributed by atoms with E-state index >= 15 is 0 Å². The number of aromatic hydroxyl groups is 2. The number of carbonyl (C=O) groups excluding carboxylic acids is 2. The van der Waals surface area contributed by atoms with Crippen molar-refractivity contribution >= 4 is 11.8 Å². The number of hydrogen-bond acceptors (Lipinski definition) is 4. The Morgan fingerprint density at radius 1 is 1.21 bits per heavy atom. The van der Waals surface area contributed by atoms with Gasteiger partial charge in [-0.05, 0) is 32.0 Å². The summed E-state index contributed by atoms with van der Waals surface area (Å²) in [5.74, 6) is -1.19. The van der Waals surface area contributed by atoms with Gasteiger partial charge in [0.15, 0.2) is 11.5 Å². The van der Waals surface area contributed by atoms with Crippen molar-refractivity contribution in [3.05, 3.63) is 23.8 Å². The van der Waals surface area contributed by atoms with E-state index in [0.29, 0.717) is 0 Å². The summed E-state index contributed by atoms with van der Waals surface area (Å²) < 4.78 is 0. The monoisotopic (exact) mass is 266 g/mol. The molecular formula is C13H18N2O4. The molecule has 0 radical (unpaired) electrons. The van der Waals surface area contributed by atoms with Gasteiger partial charge < -0.3 is 20.8 Å². The molecular weight excluding hydrogens is 248 g/mol. The molecule has 0 aromatic heterocycles. The number of hydrogen-bond donors (Lipinski definition) is 4. The van der Waals surface area contributed by atoms with Gasteiger partial charge in [-0.1, -0.05) is 0 Å². The first-order valence-corrected chi connectivity index (χ1v) is 5.99. The fourth-order valence-corrected chi connectivity index (χ4v) is 1.45. The van der Waals surface area contributed by atoms with E-state index in [4.69, 9.17) is 5.11 Å². The van der Waals surface area contributed by atoms with Crippen molar-refractivity contribution in [3.63, 3.8) is 0 Å². The number of amides is 2. The summed E-state index contributed by atoms with van der Waals surface area (Å²) in [6, 6.07) is 3.85.